The number of hydrogen-bond acceptors (Lipinski definition) is 6. The molecule has 3 aromatic rings. The first-order valence-electron chi connectivity index (χ1n) is 11.5. The van der Waals surface area contributed by atoms with Crippen LogP contribution in [0.5, 0.6) is 0 Å². The molecule has 166 valence electrons. The predicted octanol–water partition coefficient (Wildman–Crippen LogP) is 3.98. The van der Waals surface area contributed by atoms with Gasteiger partial charge in [-0.05, 0) is 55.4 Å². The molecule has 4 heterocycles. The lowest BCUT2D eigenvalue weighted by atomic mass is 9.89. The maximum atomic E-state index is 13.0. The lowest BCUT2D eigenvalue weighted by molar-refractivity contribution is 0.0706. The minimum Gasteiger partial charge on any atom is -0.351 e. The second-order valence-corrected chi connectivity index (χ2v) is 9.08. The summed E-state index contributed by atoms with van der Waals surface area (Å²) in [6, 6.07) is 6.37. The third-order valence-corrected chi connectivity index (χ3v) is 6.33. The average molecular weight is 432 g/mol. The first-order chi connectivity index (χ1) is 15.6. The van der Waals surface area contributed by atoms with E-state index in [1.165, 1.54) is 12.8 Å². The van der Waals surface area contributed by atoms with E-state index in [1.54, 1.807) is 12.4 Å². The number of rotatable bonds is 6. The molecule has 1 amide bonds. The molecule has 3 aromatic heterocycles. The third-order valence-electron chi connectivity index (χ3n) is 6.33. The van der Waals surface area contributed by atoms with Gasteiger partial charge < -0.3 is 10.2 Å². The van der Waals surface area contributed by atoms with Crippen molar-refractivity contribution in [1.29, 1.82) is 0 Å². The summed E-state index contributed by atoms with van der Waals surface area (Å²) in [5.41, 5.74) is 4.67. The zero-order valence-corrected chi connectivity index (χ0v) is 18.6. The molecule has 2 aliphatic rings. The lowest BCUT2D eigenvalue weighted by Gasteiger charge is -2.32. The molecule has 0 aromatic carbocycles. The Labute approximate surface area is 187 Å². The van der Waals surface area contributed by atoms with Crippen LogP contribution in [-0.4, -0.2) is 55.1 Å². The molecule has 5 rings (SSSR count). The van der Waals surface area contributed by atoms with Crippen LogP contribution in [0.3, 0.4) is 0 Å². The summed E-state index contributed by atoms with van der Waals surface area (Å²) in [5.74, 6) is 1.30. The molecule has 0 atom stereocenters. The van der Waals surface area contributed by atoms with E-state index in [1.807, 2.05) is 29.3 Å². The van der Waals surface area contributed by atoms with E-state index < -0.39 is 0 Å². The van der Waals surface area contributed by atoms with Gasteiger partial charge in [0, 0.05) is 54.9 Å². The molecule has 1 saturated carbocycles. The maximum Gasteiger partial charge on any atom is 0.274 e. The number of aromatic amines is 1. The molecule has 2 N–H and O–H groups in total. The number of likely N-dealkylation sites (tertiary alicyclic amines) is 1. The number of aromatic nitrogens is 5. The molecule has 0 radical (unpaired) electrons. The normalized spacial score (nSPS) is 17.0. The van der Waals surface area contributed by atoms with E-state index in [2.05, 4.69) is 39.3 Å². The first kappa shape index (κ1) is 20.6. The van der Waals surface area contributed by atoms with Gasteiger partial charge in [0.2, 0.25) is 5.95 Å². The Morgan fingerprint density at radius 2 is 1.91 bits per heavy atom. The Morgan fingerprint density at radius 3 is 2.56 bits per heavy atom. The number of carbonyl (C=O) groups is 1. The number of carbonyl (C=O) groups excluding carboxylic acids is 1. The van der Waals surface area contributed by atoms with Crippen LogP contribution < -0.4 is 5.32 Å². The van der Waals surface area contributed by atoms with Gasteiger partial charge in [-0.2, -0.15) is 5.10 Å². The fourth-order valence-corrected chi connectivity index (χ4v) is 4.20. The predicted molar refractivity (Wildman–Crippen MR) is 122 cm³/mol. The van der Waals surface area contributed by atoms with E-state index in [4.69, 9.17) is 4.98 Å². The van der Waals surface area contributed by atoms with Crippen molar-refractivity contribution in [3.63, 3.8) is 0 Å². The van der Waals surface area contributed by atoms with Crippen molar-refractivity contribution in [2.75, 3.05) is 18.4 Å². The van der Waals surface area contributed by atoms with Crippen LogP contribution in [0.15, 0.2) is 36.8 Å². The topological polar surface area (TPSA) is 99.7 Å². The van der Waals surface area contributed by atoms with Crippen molar-refractivity contribution in [2.45, 2.75) is 57.4 Å². The van der Waals surface area contributed by atoms with Crippen molar-refractivity contribution in [2.24, 2.45) is 0 Å². The molecular formula is C24H29N7O. The molecule has 0 bridgehead atoms. The third kappa shape index (κ3) is 4.35. The fourth-order valence-electron chi connectivity index (χ4n) is 4.20. The number of pyridine rings is 1. The number of nitrogens with zero attached hydrogens (tertiary/aromatic N) is 5. The Hall–Kier alpha value is -3.29. The summed E-state index contributed by atoms with van der Waals surface area (Å²) in [4.78, 5) is 28.5. The van der Waals surface area contributed by atoms with Gasteiger partial charge in [0.1, 0.15) is 5.69 Å². The number of nitrogens with one attached hydrogen (secondary N) is 2. The van der Waals surface area contributed by atoms with E-state index in [0.717, 1.165) is 35.4 Å². The molecule has 2 fully saturated rings. The zero-order valence-electron chi connectivity index (χ0n) is 18.6. The summed E-state index contributed by atoms with van der Waals surface area (Å²) in [6.07, 6.45) is 9.61. The van der Waals surface area contributed by atoms with Crippen LogP contribution in [0.4, 0.5) is 5.95 Å². The molecule has 8 heteroatoms. The fraction of sp³-hybridized carbons (Fsp3) is 0.458. The van der Waals surface area contributed by atoms with Crippen LogP contribution in [0.25, 0.3) is 11.1 Å². The van der Waals surface area contributed by atoms with Gasteiger partial charge in [-0.3, -0.25) is 14.9 Å². The van der Waals surface area contributed by atoms with E-state index in [9.17, 15) is 4.79 Å². The largest absolute Gasteiger partial charge is 0.351 e. The van der Waals surface area contributed by atoms with Gasteiger partial charge in [-0.1, -0.05) is 13.8 Å². The quantitative estimate of drug-likeness (QED) is 0.612. The summed E-state index contributed by atoms with van der Waals surface area (Å²) in [7, 11) is 0. The summed E-state index contributed by atoms with van der Waals surface area (Å²) >= 11 is 0. The van der Waals surface area contributed by atoms with Crippen LogP contribution in [0, 0.1) is 0 Å². The van der Waals surface area contributed by atoms with Crippen molar-refractivity contribution >= 4 is 11.9 Å². The molecular weight excluding hydrogens is 402 g/mol. The minimum absolute atomic E-state index is 0.000246. The highest BCUT2D eigenvalue weighted by atomic mass is 16.2. The van der Waals surface area contributed by atoms with Crippen LogP contribution >= 0.6 is 0 Å². The second-order valence-electron chi connectivity index (χ2n) is 9.08. The van der Waals surface area contributed by atoms with Crippen LogP contribution in [-0.2, 0) is 0 Å². The number of piperidine rings is 1. The SMILES string of the molecule is CC(C)c1cc(C(=O)N2CCC(c3nc(NC4CC4)ncc3-c3ccncc3)CC2)n[nH]1. The number of amides is 1. The summed E-state index contributed by atoms with van der Waals surface area (Å²) in [5, 5.41) is 10.6. The Morgan fingerprint density at radius 1 is 1.16 bits per heavy atom. The molecule has 32 heavy (non-hydrogen) atoms. The second kappa shape index (κ2) is 8.68. The van der Waals surface area contributed by atoms with Crippen molar-refractivity contribution < 1.29 is 4.79 Å². The molecule has 1 aliphatic heterocycles. The lowest BCUT2D eigenvalue weighted by Crippen LogP contribution is -2.38. The van der Waals surface area contributed by atoms with Gasteiger partial charge in [0.15, 0.2) is 0 Å². The standard InChI is InChI=1S/C24H29N7O/c1-15(2)20-13-21(30-29-20)23(32)31-11-7-17(8-12-31)22-19(16-5-9-25-10-6-16)14-26-24(28-22)27-18-3-4-18/h5-6,9-10,13-15,17-18H,3-4,7-8,11-12H2,1-2H3,(H,29,30)(H,26,27,28). The molecule has 0 spiro atoms. The number of H-pyrrole nitrogens is 1. The Balaban J connectivity index is 1.34. The summed E-state index contributed by atoms with van der Waals surface area (Å²) in [6.45, 7) is 5.56. The van der Waals surface area contributed by atoms with Crippen molar-refractivity contribution in [3.05, 3.63) is 53.9 Å². The Kier molecular flexibility index (Phi) is 5.59. The zero-order chi connectivity index (χ0) is 22.1. The molecule has 1 aliphatic carbocycles. The minimum atomic E-state index is -0.000246. The van der Waals surface area contributed by atoms with Gasteiger partial charge >= 0.3 is 0 Å². The number of anilines is 1. The van der Waals surface area contributed by atoms with Crippen molar-refractivity contribution in [3.8, 4) is 11.1 Å². The van der Waals surface area contributed by atoms with Gasteiger partial charge in [0.25, 0.3) is 5.91 Å². The van der Waals surface area contributed by atoms with E-state index >= 15 is 0 Å². The van der Waals surface area contributed by atoms with Gasteiger partial charge in [-0.15, -0.1) is 0 Å². The van der Waals surface area contributed by atoms with Gasteiger partial charge in [-0.25, -0.2) is 9.97 Å². The molecule has 0 unspecified atom stereocenters. The van der Waals surface area contributed by atoms with Crippen LogP contribution in [0.2, 0.25) is 0 Å². The first-order valence-corrected chi connectivity index (χ1v) is 11.5. The monoisotopic (exact) mass is 431 g/mol. The molecule has 1 saturated heterocycles. The average Bonchev–Trinajstić information content (AvgIpc) is 3.50. The molecule has 8 nitrogen and oxygen atoms in total. The highest BCUT2D eigenvalue weighted by Gasteiger charge is 2.29. The highest BCUT2D eigenvalue weighted by molar-refractivity contribution is 5.92. The highest BCUT2D eigenvalue weighted by Crippen LogP contribution is 2.35. The Bertz CT molecular complexity index is 1080. The van der Waals surface area contributed by atoms with Crippen molar-refractivity contribution in [1.82, 2.24) is 30.0 Å². The van der Waals surface area contributed by atoms with E-state index in [0.29, 0.717) is 36.7 Å². The van der Waals surface area contributed by atoms with Gasteiger partial charge in [0.05, 0.1) is 5.69 Å². The summed E-state index contributed by atoms with van der Waals surface area (Å²) < 4.78 is 0. The van der Waals surface area contributed by atoms with E-state index in [-0.39, 0.29) is 11.8 Å². The smallest absolute Gasteiger partial charge is 0.274 e. The number of hydrogen-bond donors (Lipinski definition) is 2. The van der Waals surface area contributed by atoms with Crippen LogP contribution in [0.1, 0.15) is 73.2 Å². The maximum absolute atomic E-state index is 13.0.